The predicted octanol–water partition coefficient (Wildman–Crippen LogP) is 2.19. The van der Waals surface area contributed by atoms with Gasteiger partial charge in [0.25, 0.3) is 10.0 Å². The van der Waals surface area contributed by atoms with Gasteiger partial charge < -0.3 is 4.74 Å². The molecule has 0 radical (unpaired) electrons. The highest BCUT2D eigenvalue weighted by molar-refractivity contribution is 7.93. The predicted molar refractivity (Wildman–Crippen MR) is 89.3 cm³/mol. The van der Waals surface area contributed by atoms with Crippen LogP contribution >= 0.6 is 0 Å². The third-order valence-electron chi connectivity index (χ3n) is 4.02. The van der Waals surface area contributed by atoms with Crippen molar-refractivity contribution in [2.75, 3.05) is 17.9 Å². The van der Waals surface area contributed by atoms with Crippen LogP contribution < -0.4 is 4.72 Å². The Balaban J connectivity index is 1.65. The van der Waals surface area contributed by atoms with Crippen molar-refractivity contribution in [3.8, 4) is 0 Å². The van der Waals surface area contributed by atoms with Gasteiger partial charge in [-0.25, -0.2) is 8.42 Å². The maximum absolute atomic E-state index is 12.7. The van der Waals surface area contributed by atoms with Crippen LogP contribution in [0.25, 0.3) is 10.9 Å². The van der Waals surface area contributed by atoms with Crippen LogP contribution in [0.4, 0.5) is 5.69 Å². The molecule has 24 heavy (non-hydrogen) atoms. The van der Waals surface area contributed by atoms with Crippen molar-refractivity contribution in [1.29, 1.82) is 0 Å². The first-order chi connectivity index (χ1) is 11.6. The lowest BCUT2D eigenvalue weighted by Crippen LogP contribution is -2.13. The van der Waals surface area contributed by atoms with E-state index in [1.165, 1.54) is 6.20 Å². The second-order valence-electron chi connectivity index (χ2n) is 5.66. The van der Waals surface area contributed by atoms with E-state index in [1.54, 1.807) is 35.3 Å². The molecule has 1 aromatic carbocycles. The van der Waals surface area contributed by atoms with Crippen LogP contribution in [0.15, 0.2) is 53.8 Å². The van der Waals surface area contributed by atoms with Crippen LogP contribution in [0.1, 0.15) is 12.5 Å². The van der Waals surface area contributed by atoms with Crippen LogP contribution in [-0.2, 0) is 14.8 Å². The van der Waals surface area contributed by atoms with E-state index in [0.29, 0.717) is 24.4 Å². The van der Waals surface area contributed by atoms with Gasteiger partial charge in [-0.15, -0.1) is 0 Å². The lowest BCUT2D eigenvalue weighted by atomic mass is 10.2. The fraction of sp³-hybridized carbons (Fsp3) is 0.250. The molecule has 1 aliphatic rings. The zero-order valence-electron chi connectivity index (χ0n) is 12.8. The summed E-state index contributed by atoms with van der Waals surface area (Å²) in [5, 5.41) is 5.01. The van der Waals surface area contributed by atoms with E-state index in [1.807, 2.05) is 12.1 Å². The Morgan fingerprint density at radius 2 is 2.12 bits per heavy atom. The van der Waals surface area contributed by atoms with Crippen LogP contribution in [0.3, 0.4) is 0 Å². The maximum Gasteiger partial charge on any atom is 0.264 e. The SMILES string of the molecule is O=S(=O)(Nc1cnn(C2CCOC2)c1)c1cccc2cccnc12. The topological polar surface area (TPSA) is 86.1 Å². The number of para-hydroxylation sites is 1. The van der Waals surface area contributed by atoms with Crippen molar-refractivity contribution < 1.29 is 13.2 Å². The minimum atomic E-state index is -3.75. The number of ether oxygens (including phenoxy) is 1. The molecule has 1 unspecified atom stereocenters. The van der Waals surface area contributed by atoms with Crippen LogP contribution in [0.2, 0.25) is 0 Å². The highest BCUT2D eigenvalue weighted by Gasteiger charge is 2.21. The smallest absolute Gasteiger partial charge is 0.264 e. The number of aromatic nitrogens is 3. The summed E-state index contributed by atoms with van der Waals surface area (Å²) in [6.07, 6.45) is 5.66. The summed E-state index contributed by atoms with van der Waals surface area (Å²) < 4.78 is 35.1. The summed E-state index contributed by atoms with van der Waals surface area (Å²) in [6.45, 7) is 1.30. The van der Waals surface area contributed by atoms with E-state index in [-0.39, 0.29) is 10.9 Å². The fourth-order valence-corrected chi connectivity index (χ4v) is 4.03. The number of nitrogens with one attached hydrogen (secondary N) is 1. The number of benzene rings is 1. The molecule has 7 nitrogen and oxygen atoms in total. The number of hydrogen-bond acceptors (Lipinski definition) is 5. The number of fused-ring (bicyclic) bond motifs is 1. The van der Waals surface area contributed by atoms with Crippen molar-refractivity contribution >= 4 is 26.6 Å². The Morgan fingerprint density at radius 1 is 1.25 bits per heavy atom. The van der Waals surface area contributed by atoms with E-state index in [9.17, 15) is 8.42 Å². The molecule has 3 heterocycles. The summed E-state index contributed by atoms with van der Waals surface area (Å²) >= 11 is 0. The second-order valence-corrected chi connectivity index (χ2v) is 7.31. The average Bonchev–Trinajstić information content (AvgIpc) is 3.25. The number of pyridine rings is 1. The Morgan fingerprint density at radius 3 is 2.96 bits per heavy atom. The molecule has 0 bridgehead atoms. The van der Waals surface area contributed by atoms with Crippen molar-refractivity contribution in [1.82, 2.24) is 14.8 Å². The number of nitrogens with zero attached hydrogens (tertiary/aromatic N) is 3. The van der Waals surface area contributed by atoms with E-state index >= 15 is 0 Å². The molecule has 1 N–H and O–H groups in total. The average molecular weight is 344 g/mol. The highest BCUT2D eigenvalue weighted by atomic mass is 32.2. The number of hydrogen-bond donors (Lipinski definition) is 1. The molecule has 2 aromatic heterocycles. The summed E-state index contributed by atoms with van der Waals surface area (Å²) in [4.78, 5) is 4.35. The van der Waals surface area contributed by atoms with Crippen LogP contribution in [-0.4, -0.2) is 36.4 Å². The molecule has 0 amide bonds. The quantitative estimate of drug-likeness (QED) is 0.784. The van der Waals surface area contributed by atoms with Crippen molar-refractivity contribution in [3.05, 3.63) is 48.9 Å². The molecule has 4 rings (SSSR count). The summed E-state index contributed by atoms with van der Waals surface area (Å²) in [5.41, 5.74) is 0.874. The first-order valence-electron chi connectivity index (χ1n) is 7.62. The molecular weight excluding hydrogens is 328 g/mol. The molecule has 1 atom stereocenters. The van der Waals surface area contributed by atoms with Gasteiger partial charge in [-0.3, -0.25) is 14.4 Å². The molecule has 1 fully saturated rings. The molecule has 124 valence electrons. The molecule has 8 heteroatoms. The van der Waals surface area contributed by atoms with Crippen LogP contribution in [0, 0.1) is 0 Å². The minimum absolute atomic E-state index is 0.151. The van der Waals surface area contributed by atoms with Gasteiger partial charge in [-0.05, 0) is 18.6 Å². The third-order valence-corrected chi connectivity index (χ3v) is 5.43. The lowest BCUT2D eigenvalue weighted by Gasteiger charge is -2.09. The Hall–Kier alpha value is -2.45. The molecule has 0 aliphatic carbocycles. The highest BCUT2D eigenvalue weighted by Crippen LogP contribution is 2.24. The normalized spacial score (nSPS) is 18.1. The molecule has 1 saturated heterocycles. The van der Waals surface area contributed by atoms with Gasteiger partial charge in [0.2, 0.25) is 0 Å². The molecule has 1 aliphatic heterocycles. The molecular formula is C16H16N4O3S. The fourth-order valence-electron chi connectivity index (χ4n) is 2.82. The van der Waals surface area contributed by atoms with Crippen molar-refractivity contribution in [2.45, 2.75) is 17.4 Å². The zero-order valence-corrected chi connectivity index (χ0v) is 13.6. The van der Waals surface area contributed by atoms with Gasteiger partial charge in [-0.1, -0.05) is 18.2 Å². The van der Waals surface area contributed by atoms with Gasteiger partial charge in [0.1, 0.15) is 4.90 Å². The van der Waals surface area contributed by atoms with E-state index < -0.39 is 10.0 Å². The molecule has 3 aromatic rings. The first-order valence-corrected chi connectivity index (χ1v) is 9.10. The summed E-state index contributed by atoms with van der Waals surface area (Å²) in [7, 11) is -3.75. The van der Waals surface area contributed by atoms with Gasteiger partial charge >= 0.3 is 0 Å². The molecule has 0 spiro atoms. The van der Waals surface area contributed by atoms with E-state index in [4.69, 9.17) is 4.74 Å². The van der Waals surface area contributed by atoms with Crippen LogP contribution in [0.5, 0.6) is 0 Å². The Kier molecular flexibility index (Phi) is 3.70. The first kappa shape index (κ1) is 15.1. The van der Waals surface area contributed by atoms with Gasteiger partial charge in [0, 0.05) is 24.4 Å². The van der Waals surface area contributed by atoms with Gasteiger partial charge in [0.05, 0.1) is 30.0 Å². The van der Waals surface area contributed by atoms with Crippen molar-refractivity contribution in [3.63, 3.8) is 0 Å². The maximum atomic E-state index is 12.7. The van der Waals surface area contributed by atoms with Gasteiger partial charge in [0.15, 0.2) is 0 Å². The Labute approximate surface area is 139 Å². The van der Waals surface area contributed by atoms with Crippen molar-refractivity contribution in [2.24, 2.45) is 0 Å². The Bertz CT molecular complexity index is 972. The van der Waals surface area contributed by atoms with E-state index in [2.05, 4.69) is 14.8 Å². The molecule has 0 saturated carbocycles. The monoisotopic (exact) mass is 344 g/mol. The lowest BCUT2D eigenvalue weighted by molar-refractivity contribution is 0.184. The zero-order chi connectivity index (χ0) is 16.6. The number of sulfonamides is 1. The second kappa shape index (κ2) is 5.88. The minimum Gasteiger partial charge on any atom is -0.379 e. The summed E-state index contributed by atoms with van der Waals surface area (Å²) in [6, 6.07) is 8.85. The largest absolute Gasteiger partial charge is 0.379 e. The van der Waals surface area contributed by atoms with Gasteiger partial charge in [-0.2, -0.15) is 5.10 Å². The number of rotatable bonds is 4. The standard InChI is InChI=1S/C16H16N4O3S/c21-24(22,15-5-1-3-12-4-2-7-17-16(12)15)19-13-9-18-20(10-13)14-6-8-23-11-14/h1-5,7,9-10,14,19H,6,8,11H2. The summed E-state index contributed by atoms with van der Waals surface area (Å²) in [5.74, 6) is 0. The third kappa shape index (κ3) is 2.74. The number of anilines is 1. The van der Waals surface area contributed by atoms with E-state index in [0.717, 1.165) is 11.8 Å².